The maximum Gasteiger partial charge on any atom is 0.294 e. The molecular formula is C21H16N6O9S4. The number of aromatic nitrogens is 3. The maximum atomic E-state index is 11.8. The number of nitrogens with zero attached hydrogens (tertiary/aromatic N) is 5. The van der Waals surface area contributed by atoms with Gasteiger partial charge in [-0.25, -0.2) is 20.2 Å². The number of aryl methyl sites for hydroxylation is 1. The molecule has 0 fully saturated rings. The number of thiazole rings is 1. The third-order valence-electron chi connectivity index (χ3n) is 5.38. The van der Waals surface area contributed by atoms with Crippen molar-refractivity contribution in [2.75, 3.05) is 5.73 Å². The van der Waals surface area contributed by atoms with E-state index in [2.05, 4.69) is 39.1 Å². The van der Waals surface area contributed by atoms with Crippen LogP contribution < -0.4 is 5.73 Å². The molecule has 0 saturated carbocycles. The molecule has 0 atom stereocenters. The van der Waals surface area contributed by atoms with Gasteiger partial charge >= 0.3 is 0 Å². The van der Waals surface area contributed by atoms with Crippen LogP contribution in [0.3, 0.4) is 0 Å². The Labute approximate surface area is 237 Å². The van der Waals surface area contributed by atoms with Crippen LogP contribution in [0, 0.1) is 6.92 Å². The molecule has 40 heavy (non-hydrogen) atoms. The molecule has 0 aliphatic rings. The molecule has 5 aromatic rings. The number of anilines is 1. The van der Waals surface area contributed by atoms with Crippen molar-refractivity contribution < 1.29 is 42.2 Å². The number of hydrogen-bond acceptors (Lipinski definition) is 16. The molecular weight excluding hydrogens is 609 g/mol. The summed E-state index contributed by atoms with van der Waals surface area (Å²) in [6.07, 6.45) is 0. The maximum absolute atomic E-state index is 11.8. The Kier molecular flexibility index (Phi) is 8.30. The SMILES string of the molecule is Cc1nn(-c2ccc3c(SOOO)cc(S(=O)(=O)O)cc3c2)c(N)c1N=Nc1nc2cc(SOOO)ccc2s1. The van der Waals surface area contributed by atoms with Crippen molar-refractivity contribution in [3.05, 3.63) is 54.2 Å². The predicted octanol–water partition coefficient (Wildman–Crippen LogP) is 6.04. The second kappa shape index (κ2) is 11.7. The van der Waals surface area contributed by atoms with E-state index in [9.17, 15) is 13.0 Å². The van der Waals surface area contributed by atoms with Crippen molar-refractivity contribution in [1.82, 2.24) is 14.8 Å². The highest BCUT2D eigenvalue weighted by Crippen LogP contribution is 2.37. The van der Waals surface area contributed by atoms with Gasteiger partial charge < -0.3 is 5.73 Å². The molecule has 0 unspecified atom stereocenters. The monoisotopic (exact) mass is 624 g/mol. The van der Waals surface area contributed by atoms with Crippen molar-refractivity contribution in [2.45, 2.75) is 21.6 Å². The molecule has 0 amide bonds. The predicted molar refractivity (Wildman–Crippen MR) is 145 cm³/mol. The zero-order chi connectivity index (χ0) is 28.4. The molecule has 2 heterocycles. The Balaban J connectivity index is 1.48. The van der Waals surface area contributed by atoms with Gasteiger partial charge in [0.1, 0.15) is 0 Å². The number of nitrogen functional groups attached to an aromatic ring is 1. The molecule has 208 valence electrons. The topological polar surface area (TPSA) is 213 Å². The molecule has 5 rings (SSSR count). The van der Waals surface area contributed by atoms with E-state index in [0.29, 0.717) is 55.4 Å². The summed E-state index contributed by atoms with van der Waals surface area (Å²) in [5.41, 5.74) is 8.24. The van der Waals surface area contributed by atoms with Gasteiger partial charge in [-0.1, -0.05) is 27.5 Å². The number of fused-ring (bicyclic) bond motifs is 2. The minimum absolute atomic E-state index is 0.166. The minimum Gasteiger partial charge on any atom is -0.382 e. The zero-order valence-corrected chi connectivity index (χ0v) is 23.1. The first-order valence-electron chi connectivity index (χ1n) is 10.7. The highest BCUT2D eigenvalue weighted by atomic mass is 32.2. The van der Waals surface area contributed by atoms with E-state index in [1.807, 2.05) is 6.07 Å². The average Bonchev–Trinajstić information content (AvgIpc) is 3.47. The molecule has 5 N–H and O–H groups in total. The molecule has 19 heteroatoms. The van der Waals surface area contributed by atoms with Crippen LogP contribution in [0.4, 0.5) is 16.6 Å². The second-order valence-corrected chi connectivity index (χ2v) is 11.8. The largest absolute Gasteiger partial charge is 0.382 e. The minimum atomic E-state index is -4.56. The van der Waals surface area contributed by atoms with Gasteiger partial charge in [0.05, 0.1) is 50.6 Å². The van der Waals surface area contributed by atoms with Crippen LogP contribution in [0.5, 0.6) is 0 Å². The zero-order valence-electron chi connectivity index (χ0n) is 19.9. The Hall–Kier alpha value is -3.21. The molecule has 0 saturated heterocycles. The van der Waals surface area contributed by atoms with Crippen LogP contribution >= 0.6 is 35.4 Å². The number of hydrogen-bond donors (Lipinski definition) is 4. The summed E-state index contributed by atoms with van der Waals surface area (Å²) in [4.78, 5) is 4.93. The third kappa shape index (κ3) is 5.94. The van der Waals surface area contributed by atoms with Crippen molar-refractivity contribution in [2.24, 2.45) is 10.2 Å². The normalized spacial score (nSPS) is 12.3. The van der Waals surface area contributed by atoms with Gasteiger partial charge in [-0.15, -0.1) is 18.9 Å². The Morgan fingerprint density at radius 1 is 1.02 bits per heavy atom. The summed E-state index contributed by atoms with van der Waals surface area (Å²) < 4.78 is 44.3. The fourth-order valence-electron chi connectivity index (χ4n) is 3.69. The van der Waals surface area contributed by atoms with Crippen LogP contribution in [0.25, 0.3) is 26.7 Å². The van der Waals surface area contributed by atoms with E-state index in [1.165, 1.54) is 28.2 Å². The van der Waals surface area contributed by atoms with Gasteiger partial charge in [0, 0.05) is 9.79 Å². The quantitative estimate of drug-likeness (QED) is 0.0458. The lowest BCUT2D eigenvalue weighted by Gasteiger charge is -2.10. The van der Waals surface area contributed by atoms with E-state index in [4.69, 9.17) is 16.2 Å². The van der Waals surface area contributed by atoms with Crippen molar-refractivity contribution in [1.29, 1.82) is 0 Å². The fourth-order valence-corrected chi connectivity index (χ4v) is 6.02. The van der Waals surface area contributed by atoms with Gasteiger partial charge in [-0.05, 0) is 60.2 Å². The molecule has 15 nitrogen and oxygen atoms in total. The number of azo groups is 1. The van der Waals surface area contributed by atoms with Crippen molar-refractivity contribution >= 4 is 83.2 Å². The summed E-state index contributed by atoms with van der Waals surface area (Å²) in [6, 6.07) is 12.7. The smallest absolute Gasteiger partial charge is 0.294 e. The lowest BCUT2D eigenvalue weighted by atomic mass is 10.1. The van der Waals surface area contributed by atoms with E-state index in [1.54, 1.807) is 37.3 Å². The first-order chi connectivity index (χ1) is 19.2. The first kappa shape index (κ1) is 28.3. The van der Waals surface area contributed by atoms with Crippen LogP contribution in [-0.2, 0) is 28.9 Å². The van der Waals surface area contributed by atoms with Crippen LogP contribution in [0.2, 0.25) is 0 Å². The highest BCUT2D eigenvalue weighted by Gasteiger charge is 2.18. The lowest BCUT2D eigenvalue weighted by Crippen LogP contribution is -2.02. The second-order valence-electron chi connectivity index (χ2n) is 7.81. The van der Waals surface area contributed by atoms with Gasteiger partial charge in [0.25, 0.3) is 10.1 Å². The molecule has 0 aliphatic carbocycles. The number of nitrogens with two attached hydrogens (primary N) is 1. The summed E-state index contributed by atoms with van der Waals surface area (Å²) >= 11 is 2.66. The number of benzene rings is 3. The summed E-state index contributed by atoms with van der Waals surface area (Å²) in [5.74, 6) is 0.166. The average molecular weight is 625 g/mol. The first-order valence-corrected chi connectivity index (χ1v) is 14.4. The van der Waals surface area contributed by atoms with Crippen LogP contribution in [-0.4, -0.2) is 38.2 Å². The van der Waals surface area contributed by atoms with Crippen molar-refractivity contribution in [3.8, 4) is 5.69 Å². The molecule has 0 bridgehead atoms. The van der Waals surface area contributed by atoms with E-state index < -0.39 is 15.0 Å². The summed E-state index contributed by atoms with van der Waals surface area (Å²) in [6.45, 7) is 1.70. The summed E-state index contributed by atoms with van der Waals surface area (Å²) in [5, 5.41) is 38.3. The van der Waals surface area contributed by atoms with Gasteiger partial charge in [-0.3, -0.25) is 4.55 Å². The Morgan fingerprint density at radius 2 is 1.80 bits per heavy atom. The molecule has 0 radical (unpaired) electrons. The van der Waals surface area contributed by atoms with Gasteiger partial charge in [-0.2, -0.15) is 13.5 Å². The highest BCUT2D eigenvalue weighted by molar-refractivity contribution is 7.95. The van der Waals surface area contributed by atoms with Crippen molar-refractivity contribution in [3.63, 3.8) is 0 Å². The summed E-state index contributed by atoms with van der Waals surface area (Å²) in [7, 11) is -4.56. The van der Waals surface area contributed by atoms with Crippen LogP contribution in [0.1, 0.15) is 5.69 Å². The molecule has 2 aromatic heterocycles. The van der Waals surface area contributed by atoms with Crippen LogP contribution in [0.15, 0.2) is 73.4 Å². The van der Waals surface area contributed by atoms with E-state index >= 15 is 0 Å². The Morgan fingerprint density at radius 3 is 2.55 bits per heavy atom. The molecule has 0 aliphatic heterocycles. The standard InChI is InChI=1S/C21H16N6O9S4/c1-10-19(24-25-21-23-16-8-13(38-35-33-28)3-5-17(16)37-21)20(22)27(26-10)12-2-4-15-11(6-12)7-14(40(30,31)32)9-18(15)39-36-34-29/h2-9,28-29H,22H2,1H3,(H,30,31,32). The lowest BCUT2D eigenvalue weighted by molar-refractivity contribution is -0.432. The number of rotatable bonds is 10. The van der Waals surface area contributed by atoms with Gasteiger partial charge in [0.2, 0.25) is 5.13 Å². The third-order valence-corrected chi connectivity index (χ3v) is 8.35. The Bertz CT molecular complexity index is 1860. The van der Waals surface area contributed by atoms with Gasteiger partial charge in [0.15, 0.2) is 11.5 Å². The van der Waals surface area contributed by atoms with E-state index in [-0.39, 0.29) is 10.7 Å². The fraction of sp³-hybridized carbons (Fsp3) is 0.0476. The molecule has 0 spiro atoms. The van der Waals surface area contributed by atoms with E-state index in [0.717, 1.165) is 16.7 Å². The molecule has 3 aromatic carbocycles.